The summed E-state index contributed by atoms with van der Waals surface area (Å²) in [6.45, 7) is 1.18. The van der Waals surface area contributed by atoms with E-state index in [1.165, 1.54) is 18.2 Å². The van der Waals surface area contributed by atoms with Gasteiger partial charge in [-0.15, -0.1) is 15.3 Å². The normalized spacial score (nSPS) is 17.3. The quantitative estimate of drug-likeness (QED) is 0.655. The Morgan fingerprint density at radius 1 is 1.13 bits per heavy atom. The number of alkyl halides is 3. The van der Waals surface area contributed by atoms with Crippen molar-refractivity contribution in [2.75, 3.05) is 18.0 Å². The fourth-order valence-corrected chi connectivity index (χ4v) is 3.46. The molecule has 2 aromatic heterocycles. The summed E-state index contributed by atoms with van der Waals surface area (Å²) in [7, 11) is 0. The van der Waals surface area contributed by atoms with Gasteiger partial charge in [-0.2, -0.15) is 17.7 Å². The molecule has 4 rings (SSSR count). The van der Waals surface area contributed by atoms with E-state index >= 15 is 0 Å². The summed E-state index contributed by atoms with van der Waals surface area (Å²) in [5.74, 6) is -1.71. The molecule has 0 aliphatic carbocycles. The summed E-state index contributed by atoms with van der Waals surface area (Å²) in [4.78, 5) is 14.3. The first-order chi connectivity index (χ1) is 14.3. The van der Waals surface area contributed by atoms with E-state index in [1.54, 1.807) is 23.1 Å². The number of halogens is 4. The van der Waals surface area contributed by atoms with Crippen molar-refractivity contribution < 1.29 is 22.4 Å². The number of amides is 1. The molecule has 1 fully saturated rings. The monoisotopic (exact) mass is 422 g/mol. The summed E-state index contributed by atoms with van der Waals surface area (Å²) < 4.78 is 52.9. The van der Waals surface area contributed by atoms with Crippen LogP contribution in [0.15, 0.2) is 36.4 Å². The molecule has 1 aliphatic rings. The third-order valence-corrected chi connectivity index (χ3v) is 5.00. The van der Waals surface area contributed by atoms with Crippen LogP contribution < -0.4 is 10.2 Å². The Morgan fingerprint density at radius 3 is 2.63 bits per heavy atom. The Kier molecular flexibility index (Phi) is 5.27. The molecule has 1 N–H and O–H groups in total. The minimum absolute atomic E-state index is 0.00308. The number of hydrogen-bond donors (Lipinski definition) is 1. The van der Waals surface area contributed by atoms with Crippen molar-refractivity contribution in [1.82, 2.24) is 25.1 Å². The maximum atomic E-state index is 13.1. The van der Waals surface area contributed by atoms with Crippen LogP contribution in [0, 0.1) is 11.7 Å². The van der Waals surface area contributed by atoms with Gasteiger partial charge in [-0.1, -0.05) is 12.1 Å². The minimum atomic E-state index is -4.67. The van der Waals surface area contributed by atoms with E-state index in [0.717, 1.165) is 5.56 Å². The van der Waals surface area contributed by atoms with Gasteiger partial charge in [-0.25, -0.2) is 4.39 Å². The molecule has 7 nitrogen and oxygen atoms in total. The Labute approximate surface area is 168 Å². The van der Waals surface area contributed by atoms with Gasteiger partial charge in [0, 0.05) is 19.6 Å². The molecular weight excluding hydrogens is 404 g/mol. The minimum Gasteiger partial charge on any atom is -0.354 e. The number of carbonyl (C=O) groups is 1. The molecule has 1 aromatic carbocycles. The maximum Gasteiger partial charge on any atom is 0.453 e. The first kappa shape index (κ1) is 20.0. The van der Waals surface area contributed by atoms with Crippen molar-refractivity contribution in [2.45, 2.75) is 25.6 Å². The molecule has 1 aliphatic heterocycles. The lowest BCUT2D eigenvalue weighted by atomic mass is 9.97. The summed E-state index contributed by atoms with van der Waals surface area (Å²) >= 11 is 0. The molecular formula is C19H18F4N6O. The lowest BCUT2D eigenvalue weighted by Crippen LogP contribution is -2.43. The van der Waals surface area contributed by atoms with E-state index in [2.05, 4.69) is 20.6 Å². The van der Waals surface area contributed by atoms with Crippen LogP contribution in [-0.2, 0) is 17.5 Å². The van der Waals surface area contributed by atoms with Crippen LogP contribution in [0.5, 0.6) is 0 Å². The van der Waals surface area contributed by atoms with Gasteiger partial charge in [0.1, 0.15) is 11.6 Å². The van der Waals surface area contributed by atoms with E-state index in [0.29, 0.717) is 36.3 Å². The second-order valence-corrected chi connectivity index (χ2v) is 7.11. The number of aromatic nitrogens is 4. The molecule has 158 valence electrons. The largest absolute Gasteiger partial charge is 0.453 e. The number of benzene rings is 1. The standard InChI is InChI=1S/C19H18F4N6O/c20-14-5-3-12(4-6-14)10-24-17(30)13-2-1-9-28(11-13)16-8-7-15-25-26-18(19(21,22)23)29(15)27-16/h3-8,13H,1-2,9-11H2,(H,24,30)/t13-/m1/s1. The average molecular weight is 422 g/mol. The number of rotatable bonds is 4. The molecule has 1 saturated heterocycles. The number of piperidine rings is 1. The highest BCUT2D eigenvalue weighted by Gasteiger charge is 2.38. The van der Waals surface area contributed by atoms with Crippen LogP contribution in [0.3, 0.4) is 0 Å². The SMILES string of the molecule is O=C(NCc1ccc(F)cc1)[C@@H]1CCCN(c2ccc3nnc(C(F)(F)F)n3n2)C1. The van der Waals surface area contributed by atoms with Gasteiger partial charge in [0.25, 0.3) is 5.82 Å². The summed E-state index contributed by atoms with van der Waals surface area (Å²) in [5, 5.41) is 13.6. The summed E-state index contributed by atoms with van der Waals surface area (Å²) in [6.07, 6.45) is -3.31. The fourth-order valence-electron chi connectivity index (χ4n) is 3.46. The van der Waals surface area contributed by atoms with Crippen molar-refractivity contribution in [3.63, 3.8) is 0 Å². The van der Waals surface area contributed by atoms with Crippen molar-refractivity contribution in [3.8, 4) is 0 Å². The predicted molar refractivity (Wildman–Crippen MR) is 99.0 cm³/mol. The zero-order valence-electron chi connectivity index (χ0n) is 15.7. The molecule has 0 unspecified atom stereocenters. The molecule has 3 heterocycles. The molecule has 30 heavy (non-hydrogen) atoms. The van der Waals surface area contributed by atoms with E-state index in [9.17, 15) is 22.4 Å². The van der Waals surface area contributed by atoms with Crippen molar-refractivity contribution in [3.05, 3.63) is 53.6 Å². The van der Waals surface area contributed by atoms with Crippen molar-refractivity contribution in [2.24, 2.45) is 5.92 Å². The topological polar surface area (TPSA) is 75.4 Å². The molecule has 0 saturated carbocycles. The lowest BCUT2D eigenvalue weighted by Gasteiger charge is -2.32. The summed E-state index contributed by atoms with van der Waals surface area (Å²) in [5.41, 5.74) is 0.772. The zero-order valence-corrected chi connectivity index (χ0v) is 15.7. The first-order valence-electron chi connectivity index (χ1n) is 9.38. The highest BCUT2D eigenvalue weighted by atomic mass is 19.4. The van der Waals surface area contributed by atoms with E-state index < -0.39 is 12.0 Å². The Morgan fingerprint density at radius 2 is 1.90 bits per heavy atom. The van der Waals surface area contributed by atoms with E-state index in [1.807, 2.05) is 0 Å². The fraction of sp³-hybridized carbons (Fsp3) is 0.368. The Bertz CT molecular complexity index is 1050. The molecule has 3 aromatic rings. The second-order valence-electron chi connectivity index (χ2n) is 7.11. The third kappa shape index (κ3) is 4.19. The highest BCUT2D eigenvalue weighted by molar-refractivity contribution is 5.79. The van der Waals surface area contributed by atoms with Gasteiger partial charge in [0.15, 0.2) is 5.65 Å². The number of fused-ring (bicyclic) bond motifs is 1. The van der Waals surface area contributed by atoms with Gasteiger partial charge in [0.2, 0.25) is 5.91 Å². The van der Waals surface area contributed by atoms with Crippen LogP contribution in [-0.4, -0.2) is 38.8 Å². The highest BCUT2D eigenvalue weighted by Crippen LogP contribution is 2.28. The first-order valence-corrected chi connectivity index (χ1v) is 9.38. The van der Waals surface area contributed by atoms with Crippen LogP contribution in [0.2, 0.25) is 0 Å². The molecule has 0 bridgehead atoms. The maximum absolute atomic E-state index is 13.1. The Hall–Kier alpha value is -3.24. The molecule has 0 radical (unpaired) electrons. The van der Waals surface area contributed by atoms with Crippen molar-refractivity contribution in [1.29, 1.82) is 0 Å². The lowest BCUT2D eigenvalue weighted by molar-refractivity contribution is -0.146. The number of nitrogens with one attached hydrogen (secondary N) is 1. The van der Waals surface area contributed by atoms with Gasteiger partial charge >= 0.3 is 6.18 Å². The molecule has 1 atom stereocenters. The second kappa shape index (κ2) is 7.88. The average Bonchev–Trinajstić information content (AvgIpc) is 3.17. The number of carbonyl (C=O) groups excluding carboxylic acids is 1. The summed E-state index contributed by atoms with van der Waals surface area (Å²) in [6, 6.07) is 8.84. The molecule has 0 spiro atoms. The van der Waals surface area contributed by atoms with Crippen LogP contribution in [0.4, 0.5) is 23.4 Å². The number of nitrogens with zero attached hydrogens (tertiary/aromatic N) is 5. The smallest absolute Gasteiger partial charge is 0.354 e. The molecule has 11 heteroatoms. The van der Waals surface area contributed by atoms with Crippen LogP contribution in [0.25, 0.3) is 5.65 Å². The van der Waals surface area contributed by atoms with Gasteiger partial charge in [-0.05, 0) is 42.7 Å². The van der Waals surface area contributed by atoms with Crippen molar-refractivity contribution >= 4 is 17.4 Å². The zero-order chi connectivity index (χ0) is 21.3. The van der Waals surface area contributed by atoms with Gasteiger partial charge < -0.3 is 10.2 Å². The number of anilines is 1. The number of hydrogen-bond acceptors (Lipinski definition) is 5. The van der Waals surface area contributed by atoms with Gasteiger partial charge in [-0.3, -0.25) is 4.79 Å². The predicted octanol–water partition coefficient (Wildman–Crippen LogP) is 2.82. The van der Waals surface area contributed by atoms with Gasteiger partial charge in [0.05, 0.1) is 5.92 Å². The molecule has 1 amide bonds. The Balaban J connectivity index is 1.45. The van der Waals surface area contributed by atoms with E-state index in [4.69, 9.17) is 0 Å². The van der Waals surface area contributed by atoms with Crippen LogP contribution in [0.1, 0.15) is 24.2 Å². The third-order valence-electron chi connectivity index (χ3n) is 5.00. The van der Waals surface area contributed by atoms with Crippen LogP contribution >= 0.6 is 0 Å². The van der Waals surface area contributed by atoms with E-state index in [-0.39, 0.29) is 29.8 Å².